The molecule has 0 aliphatic rings. The molecule has 7 heteroatoms. The van der Waals surface area contributed by atoms with Crippen LogP contribution in [0.5, 0.6) is 0 Å². The molecule has 0 aliphatic carbocycles. The standard InChI is InChI=1S/C20H20N4O3/c1-13-12-23(16-9-5-15(6-10-16)19(21)22)20(27)24(13)17-7-2-14(3-8-17)4-11-18(25)26/h2-3,5-10,12H,4,11H2,1H3,(H3,21,22)(H,25,26). The molecule has 1 heterocycles. The Morgan fingerprint density at radius 1 is 1.07 bits per heavy atom. The molecule has 1 aromatic heterocycles. The van der Waals surface area contributed by atoms with Gasteiger partial charge in [-0.2, -0.15) is 0 Å². The lowest BCUT2D eigenvalue weighted by atomic mass is 10.1. The Bertz CT molecular complexity index is 1040. The van der Waals surface area contributed by atoms with Crippen molar-refractivity contribution in [1.29, 1.82) is 5.41 Å². The van der Waals surface area contributed by atoms with E-state index in [-0.39, 0.29) is 17.9 Å². The highest BCUT2D eigenvalue weighted by Crippen LogP contribution is 2.15. The molecule has 3 rings (SSSR count). The summed E-state index contributed by atoms with van der Waals surface area (Å²) in [5, 5.41) is 16.2. The average molecular weight is 364 g/mol. The van der Waals surface area contributed by atoms with Gasteiger partial charge in [0.05, 0.1) is 11.4 Å². The van der Waals surface area contributed by atoms with Crippen molar-refractivity contribution in [2.45, 2.75) is 19.8 Å². The third-order valence-electron chi connectivity index (χ3n) is 4.34. The first kappa shape index (κ1) is 18.2. The topological polar surface area (TPSA) is 114 Å². The van der Waals surface area contributed by atoms with E-state index in [0.29, 0.717) is 17.7 Å². The Labute approximate surface area is 155 Å². The minimum Gasteiger partial charge on any atom is -0.481 e. The lowest BCUT2D eigenvalue weighted by Crippen LogP contribution is -2.22. The smallest absolute Gasteiger partial charge is 0.337 e. The summed E-state index contributed by atoms with van der Waals surface area (Å²) >= 11 is 0. The second-order valence-corrected chi connectivity index (χ2v) is 6.28. The normalized spacial score (nSPS) is 10.7. The summed E-state index contributed by atoms with van der Waals surface area (Å²) in [4.78, 5) is 23.6. The molecular weight excluding hydrogens is 344 g/mol. The second kappa shape index (κ2) is 7.33. The molecule has 0 spiro atoms. The number of nitrogens with zero attached hydrogens (tertiary/aromatic N) is 2. The molecule has 0 unspecified atom stereocenters. The van der Waals surface area contributed by atoms with Crippen molar-refractivity contribution in [3.63, 3.8) is 0 Å². The van der Waals surface area contributed by atoms with Crippen molar-refractivity contribution in [3.8, 4) is 11.4 Å². The number of nitrogen functional groups attached to an aromatic ring is 1. The molecular formula is C20H20N4O3. The fourth-order valence-corrected chi connectivity index (χ4v) is 2.92. The number of carbonyl (C=O) groups is 1. The lowest BCUT2D eigenvalue weighted by Gasteiger charge is -2.06. The van der Waals surface area contributed by atoms with Crippen molar-refractivity contribution >= 4 is 11.8 Å². The zero-order valence-electron chi connectivity index (χ0n) is 14.8. The first-order chi connectivity index (χ1) is 12.9. The van der Waals surface area contributed by atoms with Crippen LogP contribution >= 0.6 is 0 Å². The van der Waals surface area contributed by atoms with Gasteiger partial charge in [0.1, 0.15) is 5.84 Å². The maximum absolute atomic E-state index is 12.9. The van der Waals surface area contributed by atoms with E-state index in [1.165, 1.54) is 4.57 Å². The van der Waals surface area contributed by atoms with Crippen molar-refractivity contribution in [2.24, 2.45) is 5.73 Å². The molecule has 0 aliphatic heterocycles. The van der Waals surface area contributed by atoms with Crippen LogP contribution in [0.15, 0.2) is 59.5 Å². The number of nitrogens with one attached hydrogen (secondary N) is 1. The number of imidazole rings is 1. The first-order valence-corrected chi connectivity index (χ1v) is 8.44. The third-order valence-corrected chi connectivity index (χ3v) is 4.34. The van der Waals surface area contributed by atoms with E-state index >= 15 is 0 Å². The van der Waals surface area contributed by atoms with Crippen LogP contribution in [-0.4, -0.2) is 26.0 Å². The van der Waals surface area contributed by atoms with Crippen LogP contribution in [0, 0.1) is 12.3 Å². The van der Waals surface area contributed by atoms with Gasteiger partial charge in [-0.1, -0.05) is 12.1 Å². The molecule has 138 valence electrons. The van der Waals surface area contributed by atoms with E-state index in [2.05, 4.69) is 0 Å². The van der Waals surface area contributed by atoms with E-state index in [1.807, 2.05) is 31.2 Å². The van der Waals surface area contributed by atoms with Gasteiger partial charge in [0, 0.05) is 23.9 Å². The van der Waals surface area contributed by atoms with Crippen LogP contribution in [0.1, 0.15) is 23.2 Å². The van der Waals surface area contributed by atoms with E-state index in [0.717, 1.165) is 16.9 Å². The summed E-state index contributed by atoms with van der Waals surface area (Å²) in [6, 6.07) is 14.2. The van der Waals surface area contributed by atoms with Crippen LogP contribution < -0.4 is 11.4 Å². The Kier molecular flexibility index (Phi) is 4.94. The second-order valence-electron chi connectivity index (χ2n) is 6.28. The SMILES string of the molecule is Cc1cn(-c2ccc(C(=N)N)cc2)c(=O)n1-c1ccc(CCC(=O)O)cc1. The predicted octanol–water partition coefficient (Wildman–Crippen LogP) is 2.24. The van der Waals surface area contributed by atoms with Crippen molar-refractivity contribution in [1.82, 2.24) is 9.13 Å². The van der Waals surface area contributed by atoms with Gasteiger partial charge in [-0.15, -0.1) is 0 Å². The zero-order chi connectivity index (χ0) is 19.6. The van der Waals surface area contributed by atoms with E-state index < -0.39 is 5.97 Å². The van der Waals surface area contributed by atoms with Gasteiger partial charge < -0.3 is 10.8 Å². The number of aromatic nitrogens is 2. The van der Waals surface area contributed by atoms with Crippen LogP contribution in [0.2, 0.25) is 0 Å². The Balaban J connectivity index is 1.93. The third kappa shape index (κ3) is 3.82. The molecule has 0 amide bonds. The summed E-state index contributed by atoms with van der Waals surface area (Å²) < 4.78 is 3.14. The molecule has 2 aromatic carbocycles. The largest absolute Gasteiger partial charge is 0.481 e. The highest BCUT2D eigenvalue weighted by Gasteiger charge is 2.12. The number of carboxylic acid groups (broad SMARTS) is 1. The Hall–Kier alpha value is -3.61. The number of benzene rings is 2. The minimum atomic E-state index is -0.834. The molecule has 0 fully saturated rings. The maximum atomic E-state index is 12.9. The van der Waals surface area contributed by atoms with Gasteiger partial charge in [-0.05, 0) is 55.3 Å². The van der Waals surface area contributed by atoms with Crippen molar-refractivity contribution in [3.05, 3.63) is 82.0 Å². The quantitative estimate of drug-likeness (QED) is 0.460. The summed E-state index contributed by atoms with van der Waals surface area (Å²) in [6.07, 6.45) is 2.28. The number of nitrogens with two attached hydrogens (primary N) is 1. The molecule has 0 saturated heterocycles. The predicted molar refractivity (Wildman–Crippen MR) is 103 cm³/mol. The first-order valence-electron chi connectivity index (χ1n) is 8.44. The summed E-state index contributed by atoms with van der Waals surface area (Å²) in [7, 11) is 0. The van der Waals surface area contributed by atoms with Gasteiger partial charge in [-0.3, -0.25) is 19.3 Å². The molecule has 0 atom stereocenters. The van der Waals surface area contributed by atoms with Crippen molar-refractivity contribution in [2.75, 3.05) is 0 Å². The van der Waals surface area contributed by atoms with Crippen LogP contribution in [-0.2, 0) is 11.2 Å². The Morgan fingerprint density at radius 3 is 2.22 bits per heavy atom. The lowest BCUT2D eigenvalue weighted by molar-refractivity contribution is -0.136. The number of hydrogen-bond donors (Lipinski definition) is 3. The molecule has 0 bridgehead atoms. The molecule has 27 heavy (non-hydrogen) atoms. The average Bonchev–Trinajstić information content (AvgIpc) is 2.95. The summed E-state index contributed by atoms with van der Waals surface area (Å²) in [6.45, 7) is 1.85. The fraction of sp³-hybridized carbons (Fsp3) is 0.150. The van der Waals surface area contributed by atoms with Gasteiger partial charge >= 0.3 is 11.7 Å². The van der Waals surface area contributed by atoms with Crippen molar-refractivity contribution < 1.29 is 9.90 Å². The molecule has 7 nitrogen and oxygen atoms in total. The number of hydrogen-bond acceptors (Lipinski definition) is 3. The number of rotatable bonds is 6. The van der Waals surface area contributed by atoms with E-state index in [4.69, 9.17) is 16.2 Å². The number of carboxylic acids is 1. The van der Waals surface area contributed by atoms with Gasteiger partial charge in [0.2, 0.25) is 0 Å². The van der Waals surface area contributed by atoms with Gasteiger partial charge in [0.25, 0.3) is 0 Å². The highest BCUT2D eigenvalue weighted by molar-refractivity contribution is 5.95. The fourth-order valence-electron chi connectivity index (χ4n) is 2.92. The number of aliphatic carboxylic acids is 1. The van der Waals surface area contributed by atoms with Gasteiger partial charge in [0.15, 0.2) is 0 Å². The zero-order valence-corrected chi connectivity index (χ0v) is 14.8. The van der Waals surface area contributed by atoms with Gasteiger partial charge in [-0.25, -0.2) is 4.79 Å². The number of aryl methyl sites for hydroxylation is 2. The maximum Gasteiger partial charge on any atom is 0.337 e. The highest BCUT2D eigenvalue weighted by atomic mass is 16.4. The minimum absolute atomic E-state index is 0.0226. The number of amidine groups is 1. The molecule has 3 aromatic rings. The molecule has 0 radical (unpaired) electrons. The van der Waals surface area contributed by atoms with Crippen LogP contribution in [0.3, 0.4) is 0 Å². The summed E-state index contributed by atoms with van der Waals surface area (Å²) in [5.41, 5.74) is 8.94. The summed E-state index contributed by atoms with van der Waals surface area (Å²) in [5.74, 6) is -0.857. The van der Waals surface area contributed by atoms with Crippen LogP contribution in [0.4, 0.5) is 0 Å². The molecule has 0 saturated carbocycles. The Morgan fingerprint density at radius 2 is 1.67 bits per heavy atom. The monoisotopic (exact) mass is 364 g/mol. The van der Waals surface area contributed by atoms with E-state index in [9.17, 15) is 9.59 Å². The molecule has 4 N–H and O–H groups in total. The van der Waals surface area contributed by atoms with E-state index in [1.54, 1.807) is 35.0 Å². The van der Waals surface area contributed by atoms with Crippen LogP contribution in [0.25, 0.3) is 11.4 Å².